The van der Waals surface area contributed by atoms with Gasteiger partial charge in [-0.05, 0) is 53.9 Å². The van der Waals surface area contributed by atoms with E-state index in [0.717, 1.165) is 31.2 Å². The van der Waals surface area contributed by atoms with Crippen LogP contribution in [-0.4, -0.2) is 42.7 Å². The second-order valence-corrected chi connectivity index (χ2v) is 8.16. The number of benzene rings is 1. The predicted molar refractivity (Wildman–Crippen MR) is 92.2 cm³/mol. The smallest absolute Gasteiger partial charge is 0.323 e. The summed E-state index contributed by atoms with van der Waals surface area (Å²) in [7, 11) is 3.46. The Hall–Kier alpha value is -2.01. The predicted octanol–water partition coefficient (Wildman–Crippen LogP) is 2.68. The van der Waals surface area contributed by atoms with E-state index in [1.165, 1.54) is 11.1 Å². The molecule has 0 N–H and O–H groups in total. The van der Waals surface area contributed by atoms with E-state index in [0.29, 0.717) is 6.42 Å². The van der Waals surface area contributed by atoms with Gasteiger partial charge in [0.15, 0.2) is 0 Å². The number of ketones is 1. The number of ether oxygens (including phenoxy) is 3. The van der Waals surface area contributed by atoms with Crippen molar-refractivity contribution in [3.8, 4) is 5.75 Å². The number of hydrogen-bond acceptors (Lipinski definition) is 4. The van der Waals surface area contributed by atoms with Crippen molar-refractivity contribution in [1.29, 1.82) is 0 Å². The molecule has 4 bridgehead atoms. The Balaban J connectivity index is 1.68. The molecule has 0 spiro atoms. The van der Waals surface area contributed by atoms with Crippen LogP contribution in [0.5, 0.6) is 5.75 Å². The Bertz CT molecular complexity index is 848. The summed E-state index contributed by atoms with van der Waals surface area (Å²) in [5.74, 6) is 1.11. The molecule has 6 atom stereocenters. The highest BCUT2D eigenvalue weighted by molar-refractivity contribution is 6.25. The van der Waals surface area contributed by atoms with Crippen molar-refractivity contribution in [3.05, 3.63) is 34.9 Å². The van der Waals surface area contributed by atoms with Crippen molar-refractivity contribution in [2.75, 3.05) is 14.2 Å². The Labute approximate surface area is 152 Å². The van der Waals surface area contributed by atoms with E-state index in [2.05, 4.69) is 16.9 Å². The molecule has 1 aromatic carbocycles. The number of carbonyl (C=O) groups excluding carboxylic acids is 1. The summed E-state index contributed by atoms with van der Waals surface area (Å²) in [5, 5.41) is 0. The first kappa shape index (κ1) is 16.2. The second-order valence-electron chi connectivity index (χ2n) is 8.16. The van der Waals surface area contributed by atoms with Crippen LogP contribution in [-0.2, 0) is 14.3 Å². The maximum absolute atomic E-state index is 12.4. The van der Waals surface area contributed by atoms with Crippen molar-refractivity contribution < 1.29 is 23.8 Å². The highest BCUT2D eigenvalue weighted by Crippen LogP contribution is 2.75. The molecule has 0 amide bonds. The number of nitrogens with zero attached hydrogens (tertiary/aromatic N) is 2. The van der Waals surface area contributed by atoms with Gasteiger partial charge in [0, 0.05) is 19.4 Å². The molecule has 6 rings (SSSR count). The zero-order valence-electron chi connectivity index (χ0n) is 15.0. The number of fused-ring (bicyclic) bond motifs is 3. The number of methoxy groups -OCH3 is 2. The van der Waals surface area contributed by atoms with Crippen molar-refractivity contribution in [2.45, 2.75) is 49.4 Å². The third kappa shape index (κ3) is 1.77. The minimum absolute atomic E-state index is 0.0154. The van der Waals surface area contributed by atoms with Crippen LogP contribution in [0.25, 0.3) is 5.53 Å². The van der Waals surface area contributed by atoms with E-state index < -0.39 is 0 Å². The van der Waals surface area contributed by atoms with Gasteiger partial charge in [-0.1, -0.05) is 6.07 Å². The summed E-state index contributed by atoms with van der Waals surface area (Å²) >= 11 is 0. The van der Waals surface area contributed by atoms with Crippen LogP contribution in [0.4, 0.5) is 0 Å². The molecule has 4 aliphatic carbocycles. The fourth-order valence-corrected chi connectivity index (χ4v) is 6.53. The SMILES string of the molecule is COc1ccc2c(c1)[C@@H]1[C@@H]3[C@@H]2O[C@@H]2C[C@@]1(CC(=O)C=[N+]=[N-])CC[C@]32OC. The molecular formula is C20H22N2O4. The standard InChI is InChI=1S/C20H22N2O4/c1-24-12-3-4-13-14(7-12)16-17-18(13)26-15-9-19(16,8-11(23)10-22-21)5-6-20(15,17)25-2/h3-4,7,10,15-18H,5-6,8-9H2,1-2H3/t15-,16-,17-,18-,19+,20-/m1/s1. The zero-order valence-corrected chi connectivity index (χ0v) is 15.0. The fourth-order valence-electron chi connectivity index (χ4n) is 6.53. The van der Waals surface area contributed by atoms with Gasteiger partial charge in [-0.3, -0.25) is 4.79 Å². The highest BCUT2D eigenvalue weighted by atomic mass is 16.6. The minimum Gasteiger partial charge on any atom is -0.497 e. The molecule has 6 heteroatoms. The molecule has 26 heavy (non-hydrogen) atoms. The second kappa shape index (κ2) is 5.26. The van der Waals surface area contributed by atoms with Crippen LogP contribution in [0.15, 0.2) is 18.2 Å². The van der Waals surface area contributed by atoms with E-state index in [-0.39, 0.29) is 40.8 Å². The third-order valence-electron chi connectivity index (χ3n) is 7.41. The largest absolute Gasteiger partial charge is 0.497 e. The van der Waals surface area contributed by atoms with Crippen molar-refractivity contribution in [1.82, 2.24) is 0 Å². The van der Waals surface area contributed by atoms with E-state index in [1.54, 1.807) is 14.2 Å². The highest BCUT2D eigenvalue weighted by Gasteiger charge is 2.74. The molecule has 1 saturated heterocycles. The maximum atomic E-state index is 12.4. The first-order valence-corrected chi connectivity index (χ1v) is 9.17. The summed E-state index contributed by atoms with van der Waals surface area (Å²) in [6.07, 6.45) is 4.07. The summed E-state index contributed by atoms with van der Waals surface area (Å²) in [6, 6.07) is 6.19. The Morgan fingerprint density at radius 3 is 2.96 bits per heavy atom. The van der Waals surface area contributed by atoms with Crippen LogP contribution >= 0.6 is 0 Å². The van der Waals surface area contributed by atoms with Gasteiger partial charge in [-0.25, -0.2) is 0 Å². The molecule has 1 aliphatic heterocycles. The first-order valence-electron chi connectivity index (χ1n) is 9.17. The Morgan fingerprint density at radius 2 is 2.23 bits per heavy atom. The number of Topliss-reactive ketones (excluding diaryl/α,β-unsaturated/α-hetero) is 1. The van der Waals surface area contributed by atoms with Crippen LogP contribution in [0.1, 0.15) is 48.8 Å². The van der Waals surface area contributed by atoms with Crippen LogP contribution in [0, 0.1) is 11.3 Å². The molecule has 4 fully saturated rings. The van der Waals surface area contributed by atoms with E-state index in [9.17, 15) is 4.79 Å². The molecule has 6 nitrogen and oxygen atoms in total. The van der Waals surface area contributed by atoms with Crippen LogP contribution in [0.2, 0.25) is 0 Å². The molecule has 0 aromatic heterocycles. The van der Waals surface area contributed by atoms with Gasteiger partial charge in [0.2, 0.25) is 5.78 Å². The number of hydrogen-bond donors (Lipinski definition) is 0. The molecule has 1 aromatic rings. The molecule has 0 radical (unpaired) electrons. The van der Waals surface area contributed by atoms with Gasteiger partial charge in [-0.2, -0.15) is 4.79 Å². The lowest BCUT2D eigenvalue weighted by atomic mass is 9.47. The summed E-state index contributed by atoms with van der Waals surface area (Å²) in [4.78, 5) is 15.3. The Kier molecular flexibility index (Phi) is 3.27. The average Bonchev–Trinajstić information content (AvgIpc) is 3.10. The molecule has 0 unspecified atom stereocenters. The molecule has 1 heterocycles. The van der Waals surface area contributed by atoms with Crippen molar-refractivity contribution in [2.24, 2.45) is 11.3 Å². The molecular weight excluding hydrogens is 332 g/mol. The van der Waals surface area contributed by atoms with Crippen LogP contribution in [0.3, 0.4) is 0 Å². The zero-order chi connectivity index (χ0) is 18.1. The lowest BCUT2D eigenvalue weighted by Gasteiger charge is -2.59. The monoisotopic (exact) mass is 354 g/mol. The Morgan fingerprint density at radius 1 is 1.38 bits per heavy atom. The topological polar surface area (TPSA) is 81.2 Å². The fraction of sp³-hybridized carbons (Fsp3) is 0.600. The third-order valence-corrected chi connectivity index (χ3v) is 7.41. The van der Waals surface area contributed by atoms with Crippen molar-refractivity contribution in [3.63, 3.8) is 0 Å². The van der Waals surface area contributed by atoms with Gasteiger partial charge in [0.25, 0.3) is 0 Å². The van der Waals surface area contributed by atoms with Crippen LogP contribution < -0.4 is 4.74 Å². The number of rotatable bonds is 5. The molecule has 3 saturated carbocycles. The summed E-state index contributed by atoms with van der Waals surface area (Å²) in [6.45, 7) is 0. The molecule has 136 valence electrons. The minimum atomic E-state index is -0.266. The first-order chi connectivity index (χ1) is 12.6. The maximum Gasteiger partial charge on any atom is 0.323 e. The normalized spacial score (nSPS) is 40.8. The summed E-state index contributed by atoms with van der Waals surface area (Å²) in [5.41, 5.74) is 10.8. The van der Waals surface area contributed by atoms with Gasteiger partial charge in [-0.15, -0.1) is 0 Å². The lowest BCUT2D eigenvalue weighted by Crippen LogP contribution is -2.61. The van der Waals surface area contributed by atoms with E-state index in [1.807, 2.05) is 6.07 Å². The van der Waals surface area contributed by atoms with Gasteiger partial charge < -0.3 is 19.7 Å². The average molecular weight is 354 g/mol. The van der Waals surface area contributed by atoms with E-state index in [4.69, 9.17) is 19.7 Å². The molecule has 5 aliphatic rings. The van der Waals surface area contributed by atoms with Gasteiger partial charge >= 0.3 is 6.21 Å². The quantitative estimate of drug-likeness (QED) is 0.462. The van der Waals surface area contributed by atoms with Gasteiger partial charge in [0.1, 0.15) is 11.4 Å². The van der Waals surface area contributed by atoms with E-state index >= 15 is 0 Å². The number of carbonyl (C=O) groups is 1. The van der Waals surface area contributed by atoms with Gasteiger partial charge in [0.05, 0.1) is 19.3 Å². The van der Waals surface area contributed by atoms with Crippen molar-refractivity contribution >= 4 is 12.0 Å². The lowest BCUT2D eigenvalue weighted by molar-refractivity contribution is -0.183. The summed E-state index contributed by atoms with van der Waals surface area (Å²) < 4.78 is 18.1.